The molecule has 1 fully saturated rings. The van der Waals surface area contributed by atoms with Gasteiger partial charge in [0.1, 0.15) is 5.70 Å². The topological polar surface area (TPSA) is 117 Å². The molecule has 26 heavy (non-hydrogen) atoms. The maximum absolute atomic E-state index is 12.5. The molecule has 1 amide bonds. The quantitative estimate of drug-likeness (QED) is 0.583. The van der Waals surface area contributed by atoms with Crippen LogP contribution in [0.3, 0.4) is 0 Å². The number of carboxylic acid groups (broad SMARTS) is 1. The summed E-state index contributed by atoms with van der Waals surface area (Å²) in [5.41, 5.74) is 6.55. The molecule has 4 atom stereocenters. The Morgan fingerprint density at radius 2 is 2.23 bits per heavy atom. The Bertz CT molecular complexity index is 722. The van der Waals surface area contributed by atoms with E-state index in [2.05, 4.69) is 4.98 Å². The molecule has 0 spiro atoms. The van der Waals surface area contributed by atoms with Crippen LogP contribution in [0.1, 0.15) is 25.5 Å². The van der Waals surface area contributed by atoms with Crippen molar-refractivity contribution in [3.8, 4) is 0 Å². The number of hydrogen-bond donors (Lipinski definition) is 3. The molecule has 0 radical (unpaired) electrons. The van der Waals surface area contributed by atoms with Crippen LogP contribution in [0.4, 0.5) is 0 Å². The van der Waals surface area contributed by atoms with Crippen LogP contribution in [-0.4, -0.2) is 50.7 Å². The number of aliphatic hydroxyl groups is 1. The summed E-state index contributed by atoms with van der Waals surface area (Å²) in [6.07, 6.45) is 2.31. The molecule has 3 rings (SSSR count). The van der Waals surface area contributed by atoms with Crippen LogP contribution in [0.25, 0.3) is 0 Å². The molecule has 2 aliphatic heterocycles. The predicted octanol–water partition coefficient (Wildman–Crippen LogP) is 1.19. The van der Waals surface area contributed by atoms with Crippen LogP contribution >= 0.6 is 11.8 Å². The van der Waals surface area contributed by atoms with Gasteiger partial charge in [-0.1, -0.05) is 6.07 Å². The minimum absolute atomic E-state index is 0.0554. The number of nitrogens with zero attached hydrogens (tertiary/aromatic N) is 2. The minimum atomic E-state index is -1.11. The third kappa shape index (κ3) is 3.24. The van der Waals surface area contributed by atoms with E-state index in [4.69, 9.17) is 5.73 Å². The zero-order valence-corrected chi connectivity index (χ0v) is 15.4. The fraction of sp³-hybridized carbons (Fsp3) is 0.500. The summed E-state index contributed by atoms with van der Waals surface area (Å²) in [7, 11) is 0. The molecule has 2 aliphatic rings. The Balaban J connectivity index is 1.91. The number of rotatable bonds is 8. The summed E-state index contributed by atoms with van der Waals surface area (Å²) in [4.78, 5) is 30.7. The summed E-state index contributed by atoms with van der Waals surface area (Å²) in [6.45, 7) is 2.08. The van der Waals surface area contributed by atoms with Gasteiger partial charge >= 0.3 is 5.97 Å². The van der Waals surface area contributed by atoms with Crippen LogP contribution in [0.15, 0.2) is 35.0 Å². The van der Waals surface area contributed by atoms with Gasteiger partial charge in [0.05, 0.1) is 23.8 Å². The number of carboxylic acids is 1. The Labute approximate surface area is 156 Å². The molecule has 0 aliphatic carbocycles. The molecule has 7 nitrogen and oxygen atoms in total. The molecule has 1 saturated heterocycles. The van der Waals surface area contributed by atoms with Crippen molar-refractivity contribution in [2.45, 2.75) is 37.7 Å². The highest BCUT2D eigenvalue weighted by Crippen LogP contribution is 2.52. The molecule has 0 saturated carbocycles. The molecular weight excluding hydrogens is 354 g/mol. The number of fused-ring (bicyclic) bond motifs is 1. The van der Waals surface area contributed by atoms with Crippen LogP contribution < -0.4 is 5.73 Å². The van der Waals surface area contributed by atoms with E-state index in [-0.39, 0.29) is 23.6 Å². The monoisotopic (exact) mass is 377 g/mol. The number of carbonyl (C=O) groups is 2. The van der Waals surface area contributed by atoms with E-state index in [0.29, 0.717) is 23.6 Å². The van der Waals surface area contributed by atoms with Crippen molar-refractivity contribution in [2.75, 3.05) is 6.54 Å². The number of aliphatic hydroxyl groups excluding tert-OH is 1. The second kappa shape index (κ2) is 7.77. The van der Waals surface area contributed by atoms with Gasteiger partial charge in [-0.15, -0.1) is 11.8 Å². The second-order valence-electron chi connectivity index (χ2n) is 6.63. The average molecular weight is 377 g/mol. The van der Waals surface area contributed by atoms with Crippen molar-refractivity contribution in [1.82, 2.24) is 9.88 Å². The van der Waals surface area contributed by atoms with Crippen molar-refractivity contribution in [3.63, 3.8) is 0 Å². The summed E-state index contributed by atoms with van der Waals surface area (Å²) in [6, 6.07) is 5.30. The van der Waals surface area contributed by atoms with Crippen LogP contribution in [0.5, 0.6) is 0 Å². The average Bonchev–Trinajstić information content (AvgIpc) is 2.88. The molecular formula is C18H23N3O4S. The highest BCUT2D eigenvalue weighted by Gasteiger charge is 2.60. The molecule has 3 heterocycles. The first kappa shape index (κ1) is 18.9. The number of nitrogens with two attached hydrogens (primary N) is 1. The summed E-state index contributed by atoms with van der Waals surface area (Å²) < 4.78 is 0. The first-order valence-electron chi connectivity index (χ1n) is 8.68. The van der Waals surface area contributed by atoms with E-state index in [1.54, 1.807) is 13.1 Å². The Morgan fingerprint density at radius 3 is 2.81 bits per heavy atom. The largest absolute Gasteiger partial charge is 0.477 e. The lowest BCUT2D eigenvalue weighted by atomic mass is 9.77. The first-order valence-corrected chi connectivity index (χ1v) is 9.67. The van der Waals surface area contributed by atoms with E-state index in [0.717, 1.165) is 12.1 Å². The highest BCUT2D eigenvalue weighted by molar-refractivity contribution is 8.02. The second-order valence-corrected chi connectivity index (χ2v) is 7.65. The standard InChI is InChI=1S/C18H23N3O4S/c1-10(22)13-14-12(6-4-7-19)16(15(18(24)25)21(14)17(13)23)26-9-11-5-2-3-8-20-11/h2-3,5,8,10,12-14,22H,4,6-7,9,19H2,1H3,(H,24,25)/t10-,12-,13-,14-/m1/s1. The normalized spacial score (nSPS) is 25.9. The highest BCUT2D eigenvalue weighted by atomic mass is 32.2. The summed E-state index contributed by atoms with van der Waals surface area (Å²) in [5.74, 6) is -1.56. The maximum atomic E-state index is 12.5. The lowest BCUT2D eigenvalue weighted by Gasteiger charge is -2.47. The first-order chi connectivity index (χ1) is 12.5. The van der Waals surface area contributed by atoms with E-state index in [1.807, 2.05) is 18.2 Å². The third-order valence-electron chi connectivity index (χ3n) is 4.96. The zero-order valence-electron chi connectivity index (χ0n) is 14.5. The number of thioether (sulfide) groups is 1. The third-order valence-corrected chi connectivity index (χ3v) is 6.20. The zero-order chi connectivity index (χ0) is 18.8. The number of aliphatic carboxylic acids is 1. The van der Waals surface area contributed by atoms with Gasteiger partial charge in [-0.05, 0) is 38.4 Å². The molecule has 4 N–H and O–H groups in total. The fourth-order valence-electron chi connectivity index (χ4n) is 3.82. The predicted molar refractivity (Wildman–Crippen MR) is 97.8 cm³/mol. The number of pyridine rings is 1. The van der Waals surface area contributed by atoms with Crippen molar-refractivity contribution >= 4 is 23.6 Å². The number of β-lactam (4-membered cyclic amide) rings is 1. The minimum Gasteiger partial charge on any atom is -0.477 e. The molecule has 1 aromatic heterocycles. The van der Waals surface area contributed by atoms with Crippen LogP contribution in [0.2, 0.25) is 0 Å². The van der Waals surface area contributed by atoms with Gasteiger partial charge in [-0.2, -0.15) is 0 Å². The maximum Gasteiger partial charge on any atom is 0.353 e. The van der Waals surface area contributed by atoms with Gasteiger partial charge in [0, 0.05) is 22.8 Å². The number of carbonyl (C=O) groups excluding carboxylic acids is 1. The Kier molecular flexibility index (Phi) is 5.64. The van der Waals surface area contributed by atoms with Gasteiger partial charge in [-0.3, -0.25) is 9.78 Å². The molecule has 0 bridgehead atoms. The lowest BCUT2D eigenvalue weighted by molar-refractivity contribution is -0.163. The van der Waals surface area contributed by atoms with Crippen molar-refractivity contribution in [2.24, 2.45) is 17.6 Å². The molecule has 8 heteroatoms. The van der Waals surface area contributed by atoms with Crippen molar-refractivity contribution in [3.05, 3.63) is 40.7 Å². The Morgan fingerprint density at radius 1 is 1.46 bits per heavy atom. The van der Waals surface area contributed by atoms with Crippen molar-refractivity contribution in [1.29, 1.82) is 0 Å². The smallest absolute Gasteiger partial charge is 0.353 e. The lowest BCUT2D eigenvalue weighted by Crippen LogP contribution is -2.63. The number of aromatic nitrogens is 1. The Hall–Kier alpha value is -1.90. The number of hydrogen-bond acceptors (Lipinski definition) is 6. The molecule has 0 aromatic carbocycles. The summed E-state index contributed by atoms with van der Waals surface area (Å²) >= 11 is 1.42. The SMILES string of the molecule is C[C@@H](O)[C@H]1C(=O)N2C(C(=O)O)=C(SCc3ccccn3)[C@H](CCCN)[C@H]12. The van der Waals surface area contributed by atoms with Crippen LogP contribution in [-0.2, 0) is 15.3 Å². The van der Waals surface area contributed by atoms with E-state index >= 15 is 0 Å². The van der Waals surface area contributed by atoms with E-state index in [1.165, 1.54) is 16.7 Å². The number of amides is 1. The van der Waals surface area contributed by atoms with Crippen molar-refractivity contribution < 1.29 is 19.8 Å². The molecule has 1 aromatic rings. The van der Waals surface area contributed by atoms with Gasteiger partial charge in [0.15, 0.2) is 0 Å². The van der Waals surface area contributed by atoms with E-state index < -0.39 is 18.0 Å². The fourth-order valence-corrected chi connectivity index (χ4v) is 5.09. The van der Waals surface area contributed by atoms with Crippen LogP contribution in [0, 0.1) is 11.8 Å². The van der Waals surface area contributed by atoms with Gasteiger partial charge in [0.2, 0.25) is 5.91 Å². The van der Waals surface area contributed by atoms with Gasteiger partial charge in [-0.25, -0.2) is 4.79 Å². The van der Waals surface area contributed by atoms with Gasteiger partial charge in [0.25, 0.3) is 0 Å². The van der Waals surface area contributed by atoms with Gasteiger partial charge < -0.3 is 20.8 Å². The van der Waals surface area contributed by atoms with E-state index in [9.17, 15) is 19.8 Å². The molecule has 0 unspecified atom stereocenters. The summed E-state index contributed by atoms with van der Waals surface area (Å²) in [5, 5.41) is 19.7. The molecule has 140 valence electrons.